The van der Waals surface area contributed by atoms with Crippen molar-refractivity contribution in [2.45, 2.75) is 11.7 Å². The zero-order valence-electron chi connectivity index (χ0n) is 20.6. The third-order valence-corrected chi connectivity index (χ3v) is 6.59. The Morgan fingerprint density at radius 1 is 1.00 bits per heavy atom. The molecule has 1 atom stereocenters. The quantitative estimate of drug-likeness (QED) is 0.329. The van der Waals surface area contributed by atoms with Crippen LogP contribution in [-0.4, -0.2) is 53.5 Å². The molecule has 0 spiro atoms. The Morgan fingerprint density at radius 3 is 2.22 bits per heavy atom. The van der Waals surface area contributed by atoms with Crippen molar-refractivity contribution in [2.24, 2.45) is 0 Å². The second kappa shape index (κ2) is 11.2. The summed E-state index contributed by atoms with van der Waals surface area (Å²) in [5.74, 6) is 1.26. The Balaban J connectivity index is 1.50. The lowest BCUT2D eigenvalue weighted by atomic mass is 10.0. The maximum absolute atomic E-state index is 12.9. The van der Waals surface area contributed by atoms with Gasteiger partial charge in [-0.05, 0) is 65.6 Å². The second-order valence-corrected chi connectivity index (χ2v) is 9.76. The highest BCUT2D eigenvalue weighted by molar-refractivity contribution is 8.15. The first kappa shape index (κ1) is 25.8. The van der Waals surface area contributed by atoms with E-state index in [4.69, 9.17) is 9.47 Å². The normalized spacial score (nSPS) is 15.3. The van der Waals surface area contributed by atoms with Crippen LogP contribution < -0.4 is 14.8 Å². The van der Waals surface area contributed by atoms with E-state index in [9.17, 15) is 19.5 Å². The smallest absolute Gasteiger partial charge is 0.286 e. The van der Waals surface area contributed by atoms with E-state index >= 15 is 0 Å². The number of nitrogens with zero attached hydrogens (tertiary/aromatic N) is 1. The van der Waals surface area contributed by atoms with Gasteiger partial charge in [0.1, 0.15) is 23.0 Å². The van der Waals surface area contributed by atoms with Gasteiger partial charge in [0.15, 0.2) is 0 Å². The molecule has 0 saturated carbocycles. The highest BCUT2D eigenvalue weighted by Gasteiger charge is 2.31. The lowest BCUT2D eigenvalue weighted by Gasteiger charge is -2.15. The van der Waals surface area contributed by atoms with Crippen molar-refractivity contribution in [3.63, 3.8) is 0 Å². The molecule has 37 heavy (non-hydrogen) atoms. The van der Waals surface area contributed by atoms with E-state index < -0.39 is 5.25 Å². The molecule has 0 bridgehead atoms. The number of aromatic hydroxyl groups is 1. The molecule has 2 N–H and O–H groups in total. The lowest BCUT2D eigenvalue weighted by Crippen LogP contribution is -2.25. The first-order valence-electron chi connectivity index (χ1n) is 11.4. The van der Waals surface area contributed by atoms with E-state index in [-0.39, 0.29) is 22.8 Å². The molecule has 1 aliphatic heterocycles. The monoisotopic (exact) mass is 518 g/mol. The molecule has 1 saturated heterocycles. The Labute approximate surface area is 218 Å². The first-order chi connectivity index (χ1) is 17.7. The number of phenols is 1. The fourth-order valence-corrected chi connectivity index (χ4v) is 4.62. The van der Waals surface area contributed by atoms with Gasteiger partial charge >= 0.3 is 0 Å². The Hall–Kier alpha value is -4.24. The maximum atomic E-state index is 12.9. The fraction of sp³-hybridized carbons (Fsp3) is 0.179. The minimum absolute atomic E-state index is 0.0377. The number of ether oxygens (including phenoxy) is 2. The van der Waals surface area contributed by atoms with Gasteiger partial charge in [-0.15, -0.1) is 0 Å². The number of carbonyl (C=O) groups excluding carboxylic acids is 3. The van der Waals surface area contributed by atoms with Crippen LogP contribution in [0.5, 0.6) is 23.0 Å². The number of thioether (sulfide) groups is 1. The number of carbonyl (C=O) groups is 3. The van der Waals surface area contributed by atoms with Gasteiger partial charge in [0, 0.05) is 25.7 Å². The number of imide groups is 1. The van der Waals surface area contributed by atoms with Crippen LogP contribution in [0.1, 0.15) is 16.7 Å². The summed E-state index contributed by atoms with van der Waals surface area (Å²) in [5, 5.41) is 11.6. The predicted molar refractivity (Wildman–Crippen MR) is 143 cm³/mol. The molecule has 4 rings (SSSR count). The Kier molecular flexibility index (Phi) is 7.83. The summed E-state index contributed by atoms with van der Waals surface area (Å²) in [6.07, 6.45) is 2.16. The van der Waals surface area contributed by atoms with Gasteiger partial charge in [-0.2, -0.15) is 0 Å². The van der Waals surface area contributed by atoms with Crippen LogP contribution in [0.15, 0.2) is 66.7 Å². The lowest BCUT2D eigenvalue weighted by molar-refractivity contribution is -0.122. The number of methoxy groups -OCH3 is 1. The van der Waals surface area contributed by atoms with Crippen molar-refractivity contribution in [1.82, 2.24) is 10.2 Å². The largest absolute Gasteiger partial charge is 0.508 e. The van der Waals surface area contributed by atoms with Crippen molar-refractivity contribution >= 4 is 40.5 Å². The summed E-state index contributed by atoms with van der Waals surface area (Å²) in [6.45, 7) is 0. The number of hydrogen-bond donors (Lipinski definition) is 2. The average Bonchev–Trinajstić information content (AvgIpc) is 3.19. The molecule has 9 heteroatoms. The molecule has 1 unspecified atom stereocenters. The summed E-state index contributed by atoms with van der Waals surface area (Å²) >= 11 is 1.00. The summed E-state index contributed by atoms with van der Waals surface area (Å²) in [6, 6.07) is 19.3. The Bertz CT molecular complexity index is 1350. The number of hydrogen-bond acceptors (Lipinski definition) is 7. The summed E-state index contributed by atoms with van der Waals surface area (Å²) in [7, 11) is 4.86. The van der Waals surface area contributed by atoms with Gasteiger partial charge in [0.25, 0.3) is 11.1 Å². The molecule has 0 aromatic heterocycles. The van der Waals surface area contributed by atoms with Gasteiger partial charge < -0.3 is 19.5 Å². The van der Waals surface area contributed by atoms with Crippen molar-refractivity contribution in [1.29, 1.82) is 0 Å². The van der Waals surface area contributed by atoms with Crippen LogP contribution in [0.4, 0.5) is 4.79 Å². The van der Waals surface area contributed by atoms with E-state index in [2.05, 4.69) is 5.32 Å². The van der Waals surface area contributed by atoms with E-state index in [1.807, 2.05) is 12.1 Å². The zero-order chi connectivity index (χ0) is 26.5. The molecule has 1 fully saturated rings. The van der Waals surface area contributed by atoms with Crippen LogP contribution in [-0.2, 0) is 16.0 Å². The second-order valence-electron chi connectivity index (χ2n) is 8.58. The number of amides is 3. The molecule has 8 nitrogen and oxygen atoms in total. The van der Waals surface area contributed by atoms with Crippen molar-refractivity contribution in [3.8, 4) is 23.0 Å². The van der Waals surface area contributed by atoms with Gasteiger partial charge in [-0.1, -0.05) is 36.0 Å². The van der Waals surface area contributed by atoms with Gasteiger partial charge in [0.05, 0.1) is 12.4 Å². The third kappa shape index (κ3) is 6.50. The number of phenolic OH excluding ortho intramolecular Hbond substituents is 1. The highest BCUT2D eigenvalue weighted by atomic mass is 32.2. The molecule has 1 heterocycles. The van der Waals surface area contributed by atoms with Crippen molar-refractivity contribution in [3.05, 3.63) is 83.4 Å². The number of nitrogens with one attached hydrogen (secondary N) is 1. The molecule has 0 aliphatic carbocycles. The van der Waals surface area contributed by atoms with Crippen LogP contribution in [0.2, 0.25) is 0 Å². The summed E-state index contributed by atoms with van der Waals surface area (Å²) in [5.41, 5.74) is 2.68. The van der Waals surface area contributed by atoms with E-state index in [1.165, 1.54) is 18.1 Å². The standard InChI is InChI=1S/C28H26N2O6S/c1-30(2)27(33)24(14-18-12-20(31)16-23(13-18)35-3)19-6-10-22(11-7-19)36-21-8-4-17(5-9-21)15-25-26(32)29-28(34)37-25/h4-14,16,25,31H,15H2,1-3H3,(H,29,32,34)/b24-14+. The fourth-order valence-electron chi connectivity index (χ4n) is 3.76. The first-order valence-corrected chi connectivity index (χ1v) is 12.3. The molecule has 3 aromatic rings. The SMILES string of the molecule is COc1cc(O)cc(/C=C(/C(=O)N(C)C)c2ccc(Oc3ccc(CC4SC(=O)NC4=O)cc3)cc2)c1. The van der Waals surface area contributed by atoms with Crippen LogP contribution >= 0.6 is 11.8 Å². The van der Waals surface area contributed by atoms with Gasteiger partial charge in [-0.25, -0.2) is 0 Å². The number of rotatable bonds is 8. The Morgan fingerprint density at radius 2 is 1.65 bits per heavy atom. The van der Waals surface area contributed by atoms with Crippen LogP contribution in [0.25, 0.3) is 11.6 Å². The van der Waals surface area contributed by atoms with Crippen molar-refractivity contribution in [2.75, 3.05) is 21.2 Å². The predicted octanol–water partition coefficient (Wildman–Crippen LogP) is 4.72. The molecular formula is C28H26N2O6S. The molecule has 190 valence electrons. The molecule has 3 aromatic carbocycles. The van der Waals surface area contributed by atoms with Crippen LogP contribution in [0, 0.1) is 0 Å². The van der Waals surface area contributed by atoms with Gasteiger partial charge in [-0.3, -0.25) is 19.7 Å². The van der Waals surface area contributed by atoms with Crippen LogP contribution in [0.3, 0.4) is 0 Å². The molecule has 0 radical (unpaired) electrons. The topological polar surface area (TPSA) is 105 Å². The van der Waals surface area contributed by atoms with Gasteiger partial charge in [0.2, 0.25) is 5.91 Å². The highest BCUT2D eigenvalue weighted by Crippen LogP contribution is 2.29. The van der Waals surface area contributed by atoms with E-state index in [1.54, 1.807) is 68.7 Å². The molecule has 3 amide bonds. The number of likely N-dealkylation sites (N-methyl/N-ethyl adjacent to an activating group) is 1. The third-order valence-electron chi connectivity index (χ3n) is 5.61. The molecule has 1 aliphatic rings. The summed E-state index contributed by atoms with van der Waals surface area (Å²) < 4.78 is 11.2. The number of benzene rings is 3. The van der Waals surface area contributed by atoms with E-state index in [0.29, 0.717) is 40.4 Å². The van der Waals surface area contributed by atoms with Crippen molar-refractivity contribution < 1.29 is 29.0 Å². The minimum atomic E-state index is -0.417. The zero-order valence-corrected chi connectivity index (χ0v) is 21.4. The maximum Gasteiger partial charge on any atom is 0.286 e. The minimum Gasteiger partial charge on any atom is -0.508 e. The average molecular weight is 519 g/mol. The molecular weight excluding hydrogens is 492 g/mol. The summed E-state index contributed by atoms with van der Waals surface area (Å²) in [4.78, 5) is 37.6. The van der Waals surface area contributed by atoms with E-state index in [0.717, 1.165) is 17.3 Å².